The predicted molar refractivity (Wildman–Crippen MR) is 44.1 cm³/mol. The minimum absolute atomic E-state index is 0.674. The van der Waals surface area contributed by atoms with Gasteiger partial charge in [-0.2, -0.15) is 0 Å². The molecule has 2 unspecified atom stereocenters. The molecule has 1 rings (SSSR count). The van der Waals surface area contributed by atoms with Crippen molar-refractivity contribution in [1.82, 2.24) is 10.6 Å². The van der Waals surface area contributed by atoms with E-state index in [0.717, 1.165) is 12.5 Å². The molecule has 1 aliphatic rings. The highest BCUT2D eigenvalue weighted by molar-refractivity contribution is 4.72. The monoisotopic (exact) mass is 142 g/mol. The van der Waals surface area contributed by atoms with Crippen molar-refractivity contribution in [2.45, 2.75) is 26.3 Å². The molecule has 1 fully saturated rings. The van der Waals surface area contributed by atoms with E-state index in [1.54, 1.807) is 0 Å². The van der Waals surface area contributed by atoms with Crippen molar-refractivity contribution in [3.63, 3.8) is 0 Å². The first-order chi connectivity index (χ1) is 4.80. The summed E-state index contributed by atoms with van der Waals surface area (Å²) in [5.41, 5.74) is 0. The molecule has 60 valence electrons. The fourth-order valence-corrected chi connectivity index (χ4v) is 1.25. The third-order valence-corrected chi connectivity index (χ3v) is 2.32. The summed E-state index contributed by atoms with van der Waals surface area (Å²) in [7, 11) is 0. The van der Waals surface area contributed by atoms with Gasteiger partial charge >= 0.3 is 0 Å². The molecule has 0 aliphatic carbocycles. The van der Waals surface area contributed by atoms with Crippen molar-refractivity contribution < 1.29 is 0 Å². The van der Waals surface area contributed by atoms with E-state index in [2.05, 4.69) is 24.5 Å². The maximum Gasteiger partial charge on any atom is 0.00764 e. The second-order valence-corrected chi connectivity index (χ2v) is 3.28. The van der Waals surface area contributed by atoms with Crippen LogP contribution in [0.3, 0.4) is 0 Å². The Morgan fingerprint density at radius 3 is 2.80 bits per heavy atom. The van der Waals surface area contributed by atoms with E-state index in [4.69, 9.17) is 0 Å². The number of rotatable bonds is 0. The van der Waals surface area contributed by atoms with Gasteiger partial charge in [-0.25, -0.2) is 0 Å². The van der Waals surface area contributed by atoms with Gasteiger partial charge in [0, 0.05) is 6.04 Å². The van der Waals surface area contributed by atoms with Gasteiger partial charge in [-0.05, 0) is 38.9 Å². The Morgan fingerprint density at radius 2 is 2.00 bits per heavy atom. The lowest BCUT2D eigenvalue weighted by atomic mass is 10.0. The van der Waals surface area contributed by atoms with Crippen LogP contribution >= 0.6 is 0 Å². The smallest absolute Gasteiger partial charge is 0.00764 e. The van der Waals surface area contributed by atoms with Crippen LogP contribution in [0.2, 0.25) is 0 Å². The Bertz CT molecular complexity index is 81.3. The van der Waals surface area contributed by atoms with Crippen molar-refractivity contribution in [3.05, 3.63) is 0 Å². The first-order valence-corrected chi connectivity index (χ1v) is 4.25. The first-order valence-electron chi connectivity index (χ1n) is 4.25. The van der Waals surface area contributed by atoms with E-state index in [0.29, 0.717) is 6.04 Å². The normalized spacial score (nSPS) is 36.6. The molecule has 2 nitrogen and oxygen atoms in total. The molecule has 0 aromatic carbocycles. The van der Waals surface area contributed by atoms with Crippen LogP contribution in [0.25, 0.3) is 0 Å². The van der Waals surface area contributed by atoms with Gasteiger partial charge < -0.3 is 10.6 Å². The standard InChI is InChI=1S/C8H18N2/c1-7-6-9-4-3-5-10-8(7)2/h7-10H,3-6H2,1-2H3. The second kappa shape index (κ2) is 3.94. The van der Waals surface area contributed by atoms with Crippen molar-refractivity contribution in [1.29, 1.82) is 0 Å². The predicted octanol–water partition coefficient (Wildman–Crippen LogP) is 0.594. The summed E-state index contributed by atoms with van der Waals surface area (Å²) in [5.74, 6) is 0.764. The van der Waals surface area contributed by atoms with E-state index in [9.17, 15) is 0 Å². The largest absolute Gasteiger partial charge is 0.316 e. The van der Waals surface area contributed by atoms with Crippen LogP contribution in [0.15, 0.2) is 0 Å². The summed E-state index contributed by atoms with van der Waals surface area (Å²) in [6.07, 6.45) is 1.26. The van der Waals surface area contributed by atoms with Crippen molar-refractivity contribution in [3.8, 4) is 0 Å². The highest BCUT2D eigenvalue weighted by Gasteiger charge is 2.12. The van der Waals surface area contributed by atoms with Crippen LogP contribution in [0, 0.1) is 5.92 Å². The Hall–Kier alpha value is -0.0800. The summed E-state index contributed by atoms with van der Waals surface area (Å²) in [5, 5.41) is 6.92. The first kappa shape index (κ1) is 8.02. The maximum atomic E-state index is 3.49. The molecule has 0 amide bonds. The van der Waals surface area contributed by atoms with Crippen LogP contribution in [0.5, 0.6) is 0 Å². The van der Waals surface area contributed by atoms with Crippen LogP contribution in [0.4, 0.5) is 0 Å². The lowest BCUT2D eigenvalue weighted by Gasteiger charge is -2.24. The number of hydrogen-bond donors (Lipinski definition) is 2. The third kappa shape index (κ3) is 2.27. The highest BCUT2D eigenvalue weighted by atomic mass is 15.0. The summed E-state index contributed by atoms with van der Waals surface area (Å²) < 4.78 is 0. The molecule has 0 spiro atoms. The Labute approximate surface area is 63.4 Å². The summed E-state index contributed by atoms with van der Waals surface area (Å²) in [6, 6.07) is 0.674. The molecule has 0 aromatic rings. The minimum atomic E-state index is 0.674. The molecule has 1 heterocycles. The van der Waals surface area contributed by atoms with E-state index in [1.165, 1.54) is 19.5 Å². The van der Waals surface area contributed by atoms with Gasteiger partial charge in [-0.3, -0.25) is 0 Å². The summed E-state index contributed by atoms with van der Waals surface area (Å²) >= 11 is 0. The van der Waals surface area contributed by atoms with Crippen molar-refractivity contribution in [2.75, 3.05) is 19.6 Å². The van der Waals surface area contributed by atoms with Gasteiger partial charge in [-0.1, -0.05) is 6.92 Å². The molecule has 0 saturated carbocycles. The quantitative estimate of drug-likeness (QED) is 0.517. The molecule has 1 saturated heterocycles. The molecule has 2 N–H and O–H groups in total. The average Bonchev–Trinajstić information content (AvgIpc) is 1.92. The molecular formula is C8H18N2. The molecule has 0 radical (unpaired) electrons. The lowest BCUT2D eigenvalue weighted by molar-refractivity contribution is 0.354. The molecule has 2 atom stereocenters. The third-order valence-electron chi connectivity index (χ3n) is 2.32. The molecule has 10 heavy (non-hydrogen) atoms. The second-order valence-electron chi connectivity index (χ2n) is 3.28. The highest BCUT2D eigenvalue weighted by Crippen LogP contribution is 2.02. The van der Waals surface area contributed by atoms with Gasteiger partial charge in [0.05, 0.1) is 0 Å². The van der Waals surface area contributed by atoms with Gasteiger partial charge in [0.25, 0.3) is 0 Å². The molecule has 0 aromatic heterocycles. The average molecular weight is 142 g/mol. The topological polar surface area (TPSA) is 24.1 Å². The van der Waals surface area contributed by atoms with E-state index < -0.39 is 0 Å². The molecule has 1 aliphatic heterocycles. The van der Waals surface area contributed by atoms with Crippen molar-refractivity contribution >= 4 is 0 Å². The van der Waals surface area contributed by atoms with E-state index in [-0.39, 0.29) is 0 Å². The summed E-state index contributed by atoms with van der Waals surface area (Å²) in [4.78, 5) is 0. The van der Waals surface area contributed by atoms with Gasteiger partial charge in [0.15, 0.2) is 0 Å². The van der Waals surface area contributed by atoms with Gasteiger partial charge in [0.1, 0.15) is 0 Å². The SMILES string of the molecule is CC1CNCCCNC1C. The van der Waals surface area contributed by atoms with Crippen molar-refractivity contribution in [2.24, 2.45) is 5.92 Å². The zero-order chi connectivity index (χ0) is 7.40. The van der Waals surface area contributed by atoms with Crippen LogP contribution in [-0.2, 0) is 0 Å². The Balaban J connectivity index is 2.28. The minimum Gasteiger partial charge on any atom is -0.316 e. The maximum absolute atomic E-state index is 3.49. The summed E-state index contributed by atoms with van der Waals surface area (Å²) in [6.45, 7) is 8.05. The van der Waals surface area contributed by atoms with Gasteiger partial charge in [0.2, 0.25) is 0 Å². The Kier molecular flexibility index (Phi) is 3.16. The van der Waals surface area contributed by atoms with E-state index >= 15 is 0 Å². The lowest BCUT2D eigenvalue weighted by Crippen LogP contribution is -2.41. The number of hydrogen-bond acceptors (Lipinski definition) is 2. The zero-order valence-electron chi connectivity index (χ0n) is 6.98. The molecular weight excluding hydrogens is 124 g/mol. The van der Waals surface area contributed by atoms with Gasteiger partial charge in [-0.15, -0.1) is 0 Å². The fraction of sp³-hybridized carbons (Fsp3) is 1.00. The zero-order valence-corrected chi connectivity index (χ0v) is 6.98. The van der Waals surface area contributed by atoms with Crippen LogP contribution < -0.4 is 10.6 Å². The number of nitrogens with one attached hydrogen (secondary N) is 2. The van der Waals surface area contributed by atoms with Crippen LogP contribution in [-0.4, -0.2) is 25.7 Å². The molecule has 2 heteroatoms. The molecule has 0 bridgehead atoms. The van der Waals surface area contributed by atoms with E-state index in [1.807, 2.05) is 0 Å². The Morgan fingerprint density at radius 1 is 1.20 bits per heavy atom. The fourth-order valence-electron chi connectivity index (χ4n) is 1.25. The van der Waals surface area contributed by atoms with Crippen LogP contribution in [0.1, 0.15) is 20.3 Å².